The highest BCUT2D eigenvalue weighted by Crippen LogP contribution is 2.29. The number of piperazine rings is 1. The molecular weight excluding hydrogens is 501 g/mol. The standard InChI is InChI=1S/C25H33F3N8O2/c1-29-22-32-23(34-24(33-22)36-13-11-35(2)12-14-36)31-15-17-7-9-18(10-8-17)21(37)30-16-19-5-3-4-6-20(19)38-25(26,27)28/h3-6,15,17-18H,7-14,16H2,1-2H3,(H,30,37)(H,29,32,33,34)/p+1/b31-15+. The van der Waals surface area contributed by atoms with Gasteiger partial charge in [0.15, 0.2) is 0 Å². The number of amides is 1. The van der Waals surface area contributed by atoms with E-state index < -0.39 is 6.36 Å². The fraction of sp³-hybridized carbons (Fsp3) is 0.560. The van der Waals surface area contributed by atoms with Crippen molar-refractivity contribution in [1.29, 1.82) is 0 Å². The first kappa shape index (κ1) is 27.6. The minimum absolute atomic E-state index is 0.0263. The number of nitrogens with one attached hydrogen (secondary N) is 3. The summed E-state index contributed by atoms with van der Waals surface area (Å²) >= 11 is 0. The zero-order chi connectivity index (χ0) is 27.1. The zero-order valence-corrected chi connectivity index (χ0v) is 21.6. The van der Waals surface area contributed by atoms with Gasteiger partial charge in [-0.05, 0) is 48.8 Å². The zero-order valence-electron chi connectivity index (χ0n) is 21.6. The topological polar surface area (TPSA) is 109 Å². The molecule has 1 amide bonds. The van der Waals surface area contributed by atoms with Gasteiger partial charge in [0, 0.05) is 63.4 Å². The number of alkyl halides is 3. The number of carbonyl (C=O) groups is 1. The van der Waals surface area contributed by atoms with Gasteiger partial charge in [0.2, 0.25) is 5.91 Å². The Bertz CT molecular complexity index is 1110. The van der Waals surface area contributed by atoms with Crippen LogP contribution in [-0.2, 0) is 11.3 Å². The molecule has 206 valence electrons. The third kappa shape index (κ3) is 7.76. The molecule has 4 rings (SSSR count). The van der Waals surface area contributed by atoms with Crippen molar-refractivity contribution in [3.8, 4) is 5.75 Å². The molecule has 3 N–H and O–H groups in total. The summed E-state index contributed by atoms with van der Waals surface area (Å²) < 4.78 is 42.0. The molecule has 2 aliphatic rings. The van der Waals surface area contributed by atoms with Gasteiger partial charge in [0.05, 0.1) is 0 Å². The van der Waals surface area contributed by atoms with Gasteiger partial charge in [0.1, 0.15) is 5.75 Å². The maximum Gasteiger partial charge on any atom is 0.573 e. The number of rotatable bonds is 8. The van der Waals surface area contributed by atoms with Crippen LogP contribution in [0.1, 0.15) is 31.2 Å². The van der Waals surface area contributed by atoms with Gasteiger partial charge in [-0.3, -0.25) is 4.79 Å². The smallest absolute Gasteiger partial charge is 0.405 e. The lowest BCUT2D eigenvalue weighted by Crippen LogP contribution is -2.64. The molecule has 1 aliphatic heterocycles. The quantitative estimate of drug-likeness (QED) is 0.436. The van der Waals surface area contributed by atoms with Crippen molar-refractivity contribution >= 4 is 30.0 Å². The number of benzene rings is 1. The Balaban J connectivity index is 1.29. The van der Waals surface area contributed by atoms with Crippen molar-refractivity contribution in [1.82, 2.24) is 25.2 Å². The molecule has 1 aromatic carbocycles. The SMILES string of the molecule is CNc1nc(/[NH+]=C/C2CCC(C(=O)NCc3ccccc3OC(F)(F)F)CC2)nc(N2CCN(C)CC2)n1. The largest absolute Gasteiger partial charge is 0.573 e. The van der Waals surface area contributed by atoms with Crippen molar-refractivity contribution < 1.29 is 27.7 Å². The average molecular weight is 536 g/mol. The third-order valence-electron chi connectivity index (χ3n) is 6.88. The molecule has 13 heteroatoms. The van der Waals surface area contributed by atoms with Crippen LogP contribution in [0.15, 0.2) is 24.3 Å². The molecule has 0 unspecified atom stereocenters. The molecule has 0 radical (unpaired) electrons. The van der Waals surface area contributed by atoms with Crippen molar-refractivity contribution in [2.75, 3.05) is 50.5 Å². The Morgan fingerprint density at radius 3 is 2.50 bits per heavy atom. The lowest BCUT2D eigenvalue weighted by Gasteiger charge is -2.30. The summed E-state index contributed by atoms with van der Waals surface area (Å²) in [7, 11) is 3.86. The first-order valence-electron chi connectivity index (χ1n) is 12.8. The number of anilines is 2. The number of hydrogen-bond acceptors (Lipinski definition) is 8. The van der Waals surface area contributed by atoms with Crippen LogP contribution >= 0.6 is 0 Å². The highest BCUT2D eigenvalue weighted by Gasteiger charge is 2.32. The molecule has 38 heavy (non-hydrogen) atoms. The number of hydrogen-bond donors (Lipinski definition) is 3. The van der Waals surface area contributed by atoms with Crippen molar-refractivity contribution in [2.24, 2.45) is 11.8 Å². The van der Waals surface area contributed by atoms with E-state index in [2.05, 4.69) is 52.2 Å². The van der Waals surface area contributed by atoms with Gasteiger partial charge in [0.25, 0.3) is 0 Å². The first-order valence-corrected chi connectivity index (χ1v) is 12.8. The number of nitrogens with zero attached hydrogens (tertiary/aromatic N) is 5. The molecule has 1 saturated heterocycles. The summed E-state index contributed by atoms with van der Waals surface area (Å²) in [6, 6.07) is 5.82. The molecule has 1 aliphatic carbocycles. The Kier molecular flexibility index (Phi) is 8.97. The Morgan fingerprint density at radius 2 is 1.82 bits per heavy atom. The van der Waals surface area contributed by atoms with Crippen LogP contribution in [0.3, 0.4) is 0 Å². The van der Waals surface area contributed by atoms with Crippen molar-refractivity contribution in [3.63, 3.8) is 0 Å². The van der Waals surface area contributed by atoms with Crippen molar-refractivity contribution in [3.05, 3.63) is 29.8 Å². The lowest BCUT2D eigenvalue weighted by atomic mass is 9.82. The van der Waals surface area contributed by atoms with Gasteiger partial charge >= 0.3 is 24.2 Å². The van der Waals surface area contributed by atoms with Crippen LogP contribution in [0.2, 0.25) is 0 Å². The fourth-order valence-electron chi connectivity index (χ4n) is 4.63. The second-order valence-corrected chi connectivity index (χ2v) is 9.62. The van der Waals surface area contributed by atoms with E-state index in [1.807, 2.05) is 6.21 Å². The second kappa shape index (κ2) is 12.4. The highest BCUT2D eigenvalue weighted by atomic mass is 19.4. The van der Waals surface area contributed by atoms with E-state index in [1.165, 1.54) is 18.2 Å². The summed E-state index contributed by atoms with van der Waals surface area (Å²) in [5, 5.41) is 5.76. The summed E-state index contributed by atoms with van der Waals surface area (Å²) in [5.74, 6) is 1.18. The predicted molar refractivity (Wildman–Crippen MR) is 136 cm³/mol. The molecule has 0 bridgehead atoms. The molecule has 2 fully saturated rings. The van der Waals surface area contributed by atoms with Gasteiger partial charge < -0.3 is 25.2 Å². The second-order valence-electron chi connectivity index (χ2n) is 9.62. The molecule has 1 saturated carbocycles. The number of halogens is 3. The summed E-state index contributed by atoms with van der Waals surface area (Å²) in [5.41, 5.74) is 0.277. The van der Waals surface area contributed by atoms with Crippen LogP contribution in [0.5, 0.6) is 5.75 Å². The van der Waals surface area contributed by atoms with E-state index in [9.17, 15) is 18.0 Å². The number of para-hydroxylation sites is 1. The predicted octanol–water partition coefficient (Wildman–Crippen LogP) is 1.47. The van der Waals surface area contributed by atoms with E-state index in [0.29, 0.717) is 30.7 Å². The Labute approximate surface area is 219 Å². The van der Waals surface area contributed by atoms with E-state index in [1.54, 1.807) is 13.1 Å². The summed E-state index contributed by atoms with van der Waals surface area (Å²) in [4.78, 5) is 33.8. The summed E-state index contributed by atoms with van der Waals surface area (Å²) in [6.07, 6.45) is 0.149. The monoisotopic (exact) mass is 535 g/mol. The number of likely N-dealkylation sites (N-methyl/N-ethyl adjacent to an activating group) is 1. The van der Waals surface area contributed by atoms with Gasteiger partial charge in [-0.1, -0.05) is 18.2 Å². The van der Waals surface area contributed by atoms with E-state index in [4.69, 9.17) is 0 Å². The summed E-state index contributed by atoms with van der Waals surface area (Å²) in [6.45, 7) is 3.56. The van der Waals surface area contributed by atoms with Crippen LogP contribution in [0.4, 0.5) is 31.0 Å². The van der Waals surface area contributed by atoms with Gasteiger partial charge in [-0.15, -0.1) is 18.2 Å². The van der Waals surface area contributed by atoms with Crippen LogP contribution in [0, 0.1) is 11.8 Å². The van der Waals surface area contributed by atoms with E-state index in [-0.39, 0.29) is 35.6 Å². The van der Waals surface area contributed by atoms with Crippen molar-refractivity contribution in [2.45, 2.75) is 38.6 Å². The Morgan fingerprint density at radius 1 is 1.11 bits per heavy atom. The van der Waals surface area contributed by atoms with E-state index in [0.717, 1.165) is 39.0 Å². The molecule has 0 atom stereocenters. The van der Waals surface area contributed by atoms with Crippen LogP contribution < -0.4 is 25.3 Å². The minimum Gasteiger partial charge on any atom is -0.405 e. The minimum atomic E-state index is -4.79. The molecule has 0 spiro atoms. The number of carbonyl (C=O) groups excluding carboxylic acids is 1. The average Bonchev–Trinajstić information content (AvgIpc) is 2.91. The normalized spacial score (nSPS) is 20.9. The van der Waals surface area contributed by atoms with E-state index >= 15 is 0 Å². The Hall–Kier alpha value is -3.48. The molecule has 10 nitrogen and oxygen atoms in total. The fourth-order valence-corrected chi connectivity index (χ4v) is 4.63. The molecule has 1 aromatic heterocycles. The maximum atomic E-state index is 12.7. The molecular formula is C25H34F3N8O2+. The first-order chi connectivity index (χ1) is 18.2. The van der Waals surface area contributed by atoms with Gasteiger partial charge in [-0.25, -0.2) is 4.99 Å². The van der Waals surface area contributed by atoms with Crippen LogP contribution in [0.25, 0.3) is 0 Å². The third-order valence-corrected chi connectivity index (χ3v) is 6.88. The highest BCUT2D eigenvalue weighted by molar-refractivity contribution is 5.79. The molecule has 2 heterocycles. The lowest BCUT2D eigenvalue weighted by molar-refractivity contribution is -0.361. The maximum absolute atomic E-state index is 12.7. The molecule has 2 aromatic rings. The van der Waals surface area contributed by atoms with Gasteiger partial charge in [-0.2, -0.15) is 0 Å². The van der Waals surface area contributed by atoms with Crippen LogP contribution in [-0.4, -0.2) is 78.6 Å². The number of ether oxygens (including phenoxy) is 1. The number of aromatic nitrogens is 3.